The van der Waals surface area contributed by atoms with Crippen LogP contribution >= 0.6 is 28.3 Å². The molecule has 1 fully saturated rings. The zero-order valence-corrected chi connectivity index (χ0v) is 15.9. The van der Waals surface area contributed by atoms with Gasteiger partial charge in [-0.3, -0.25) is 0 Å². The van der Waals surface area contributed by atoms with Crippen molar-refractivity contribution in [2.75, 3.05) is 26.7 Å². The summed E-state index contributed by atoms with van der Waals surface area (Å²) >= 11 is 3.31. The van der Waals surface area contributed by atoms with Crippen LogP contribution < -0.4 is 14.8 Å². The highest BCUT2D eigenvalue weighted by Gasteiger charge is 2.28. The van der Waals surface area contributed by atoms with Crippen molar-refractivity contribution in [1.82, 2.24) is 10.0 Å². The molecule has 5 nitrogen and oxygen atoms in total. The summed E-state index contributed by atoms with van der Waals surface area (Å²) in [6, 6.07) is 4.75. The lowest BCUT2D eigenvalue weighted by molar-refractivity contribution is 0.238. The molecule has 0 spiro atoms. The van der Waals surface area contributed by atoms with Crippen LogP contribution in [0.4, 0.5) is 0 Å². The summed E-state index contributed by atoms with van der Waals surface area (Å²) in [5, 5.41) is 3.32. The van der Waals surface area contributed by atoms with Crippen LogP contribution in [-0.4, -0.2) is 35.2 Å². The maximum atomic E-state index is 12.4. The summed E-state index contributed by atoms with van der Waals surface area (Å²) in [7, 11) is -1.96. The Morgan fingerprint density at radius 3 is 2.73 bits per heavy atom. The number of ether oxygens (including phenoxy) is 1. The molecule has 2 rings (SSSR count). The zero-order valence-electron chi connectivity index (χ0n) is 12.7. The van der Waals surface area contributed by atoms with Gasteiger partial charge in [0.1, 0.15) is 5.75 Å². The number of hydrogen-bond donors (Lipinski definition) is 2. The van der Waals surface area contributed by atoms with Crippen LogP contribution in [0.5, 0.6) is 5.75 Å². The van der Waals surface area contributed by atoms with Crippen LogP contribution in [0.25, 0.3) is 0 Å². The molecule has 1 unspecified atom stereocenters. The zero-order chi connectivity index (χ0) is 15.5. The third kappa shape index (κ3) is 4.83. The molecule has 1 atom stereocenters. The maximum absolute atomic E-state index is 12.4. The van der Waals surface area contributed by atoms with E-state index in [1.54, 1.807) is 25.3 Å². The fourth-order valence-corrected chi connectivity index (χ4v) is 4.35. The minimum Gasteiger partial charge on any atom is -0.496 e. The number of hydrogen-bond acceptors (Lipinski definition) is 4. The molecule has 0 aromatic heterocycles. The van der Waals surface area contributed by atoms with Gasteiger partial charge in [-0.2, -0.15) is 0 Å². The minimum absolute atomic E-state index is 0. The Hall–Kier alpha value is -0.340. The average Bonchev–Trinajstić information content (AvgIpc) is 2.46. The molecule has 126 valence electrons. The number of benzene rings is 1. The fraction of sp³-hybridized carbons (Fsp3) is 0.571. The van der Waals surface area contributed by atoms with Gasteiger partial charge >= 0.3 is 0 Å². The highest BCUT2D eigenvalue weighted by molar-refractivity contribution is 9.10. The second kappa shape index (κ2) is 7.97. The van der Waals surface area contributed by atoms with Crippen molar-refractivity contribution in [1.29, 1.82) is 0 Å². The van der Waals surface area contributed by atoms with Crippen molar-refractivity contribution < 1.29 is 13.2 Å². The fourth-order valence-electron chi connectivity index (χ4n) is 2.44. The maximum Gasteiger partial charge on any atom is 0.240 e. The van der Waals surface area contributed by atoms with Crippen LogP contribution in [0.15, 0.2) is 27.6 Å². The van der Waals surface area contributed by atoms with E-state index in [9.17, 15) is 8.42 Å². The first-order valence-corrected chi connectivity index (χ1v) is 9.18. The minimum atomic E-state index is -3.51. The van der Waals surface area contributed by atoms with Gasteiger partial charge in [-0.25, -0.2) is 13.1 Å². The Bertz CT molecular complexity index is 604. The molecule has 1 aliphatic rings. The van der Waals surface area contributed by atoms with Gasteiger partial charge in [0.05, 0.1) is 16.5 Å². The number of halogens is 2. The van der Waals surface area contributed by atoms with E-state index in [0.29, 0.717) is 16.8 Å². The average molecular weight is 414 g/mol. The number of nitrogens with one attached hydrogen (secondary N) is 2. The molecule has 1 aliphatic heterocycles. The second-order valence-electron chi connectivity index (χ2n) is 5.71. The van der Waals surface area contributed by atoms with Crippen molar-refractivity contribution >= 4 is 38.4 Å². The predicted molar refractivity (Wildman–Crippen MR) is 93.3 cm³/mol. The number of methoxy groups -OCH3 is 1. The first kappa shape index (κ1) is 19.7. The van der Waals surface area contributed by atoms with Gasteiger partial charge in [-0.05, 0) is 58.9 Å². The van der Waals surface area contributed by atoms with Gasteiger partial charge in [0, 0.05) is 13.1 Å². The normalized spacial score (nSPS) is 22.0. The molecular formula is C14H22BrClN2O3S. The summed E-state index contributed by atoms with van der Waals surface area (Å²) in [4.78, 5) is 0.238. The summed E-state index contributed by atoms with van der Waals surface area (Å²) in [5.41, 5.74) is -0.0327. The molecule has 1 heterocycles. The van der Waals surface area contributed by atoms with Crippen molar-refractivity contribution in [3.63, 3.8) is 0 Å². The molecule has 0 saturated carbocycles. The van der Waals surface area contributed by atoms with Crippen molar-refractivity contribution in [3.05, 3.63) is 22.7 Å². The van der Waals surface area contributed by atoms with Crippen molar-refractivity contribution in [2.45, 2.75) is 24.7 Å². The van der Waals surface area contributed by atoms with E-state index in [2.05, 4.69) is 32.9 Å². The third-order valence-corrected chi connectivity index (χ3v) is 5.83. The molecule has 8 heteroatoms. The molecule has 2 N–H and O–H groups in total. The van der Waals surface area contributed by atoms with Crippen LogP contribution in [-0.2, 0) is 10.0 Å². The van der Waals surface area contributed by atoms with Crippen LogP contribution in [0, 0.1) is 5.41 Å². The summed E-state index contributed by atoms with van der Waals surface area (Å²) in [6.07, 6.45) is 2.10. The lowest BCUT2D eigenvalue weighted by Gasteiger charge is -2.34. The van der Waals surface area contributed by atoms with E-state index in [1.807, 2.05) is 0 Å². The summed E-state index contributed by atoms with van der Waals surface area (Å²) in [6.45, 7) is 4.38. The van der Waals surface area contributed by atoms with Gasteiger partial charge in [0.25, 0.3) is 0 Å². The Labute approximate surface area is 146 Å². The van der Waals surface area contributed by atoms with Gasteiger partial charge in [-0.15, -0.1) is 12.4 Å². The van der Waals surface area contributed by atoms with E-state index in [0.717, 1.165) is 25.9 Å². The van der Waals surface area contributed by atoms with Gasteiger partial charge in [-0.1, -0.05) is 6.92 Å². The number of sulfonamides is 1. The lowest BCUT2D eigenvalue weighted by Crippen LogP contribution is -2.45. The number of rotatable bonds is 5. The molecule has 0 radical (unpaired) electrons. The smallest absolute Gasteiger partial charge is 0.240 e. The second-order valence-corrected chi connectivity index (χ2v) is 8.33. The van der Waals surface area contributed by atoms with Crippen LogP contribution in [0.1, 0.15) is 19.8 Å². The molecular weight excluding hydrogens is 392 g/mol. The van der Waals surface area contributed by atoms with Crippen LogP contribution in [0.3, 0.4) is 0 Å². The Kier molecular flexibility index (Phi) is 7.14. The quantitative estimate of drug-likeness (QED) is 0.778. The third-order valence-electron chi connectivity index (χ3n) is 3.81. The Morgan fingerprint density at radius 1 is 1.45 bits per heavy atom. The first-order valence-electron chi connectivity index (χ1n) is 6.90. The van der Waals surface area contributed by atoms with Crippen LogP contribution in [0.2, 0.25) is 0 Å². The SMILES string of the molecule is COc1ccc(S(=O)(=O)NCC2(C)CCCNC2)cc1Br.Cl. The molecule has 1 saturated heterocycles. The highest BCUT2D eigenvalue weighted by atomic mass is 79.9. The molecule has 0 bridgehead atoms. The van der Waals surface area contributed by atoms with E-state index in [4.69, 9.17) is 4.74 Å². The lowest BCUT2D eigenvalue weighted by atomic mass is 9.83. The first-order chi connectivity index (χ1) is 9.86. The molecule has 22 heavy (non-hydrogen) atoms. The Balaban J connectivity index is 0.00000242. The summed E-state index contributed by atoms with van der Waals surface area (Å²) in [5.74, 6) is 0.609. The molecule has 0 amide bonds. The molecule has 1 aromatic carbocycles. The van der Waals surface area contributed by atoms with Gasteiger partial charge in [0.2, 0.25) is 10.0 Å². The highest BCUT2D eigenvalue weighted by Crippen LogP contribution is 2.28. The summed E-state index contributed by atoms with van der Waals surface area (Å²) < 4.78 is 33.2. The topological polar surface area (TPSA) is 67.4 Å². The van der Waals surface area contributed by atoms with E-state index in [1.165, 1.54) is 0 Å². The number of piperidine rings is 1. The molecule has 0 aliphatic carbocycles. The van der Waals surface area contributed by atoms with Crippen molar-refractivity contribution in [3.8, 4) is 5.75 Å². The monoisotopic (exact) mass is 412 g/mol. The van der Waals surface area contributed by atoms with E-state index < -0.39 is 10.0 Å². The van der Waals surface area contributed by atoms with Gasteiger partial charge in [0.15, 0.2) is 0 Å². The van der Waals surface area contributed by atoms with Gasteiger partial charge < -0.3 is 10.1 Å². The van der Waals surface area contributed by atoms with E-state index >= 15 is 0 Å². The largest absolute Gasteiger partial charge is 0.496 e. The van der Waals surface area contributed by atoms with Crippen molar-refractivity contribution in [2.24, 2.45) is 5.41 Å². The molecule has 1 aromatic rings. The predicted octanol–water partition coefficient (Wildman–Crippen LogP) is 2.55. The van der Waals surface area contributed by atoms with E-state index in [-0.39, 0.29) is 22.7 Å². The standard InChI is InChI=1S/C14H21BrN2O3S.ClH/c1-14(6-3-7-16-9-14)10-17-21(18,19)11-4-5-13(20-2)12(15)8-11;/h4-5,8,16-17H,3,6-7,9-10H2,1-2H3;1H. The Morgan fingerprint density at radius 2 is 2.18 bits per heavy atom.